The van der Waals surface area contributed by atoms with Gasteiger partial charge in [-0.2, -0.15) is 0 Å². The number of hydrogen-bond acceptors (Lipinski definition) is 20. The number of thiazole rings is 2. The van der Waals surface area contributed by atoms with E-state index in [1.54, 1.807) is 5.38 Å². The molecule has 0 aliphatic carbocycles. The molecule has 24 heteroatoms. The monoisotopic (exact) mass is 903 g/mol. The minimum Gasteiger partial charge on any atom is -0.391 e. The van der Waals surface area contributed by atoms with Crippen LogP contribution in [0.1, 0.15) is 87.3 Å². The summed E-state index contributed by atoms with van der Waals surface area (Å²) in [6.45, 7) is 7.47. The number of amides is 4. The van der Waals surface area contributed by atoms with E-state index < -0.39 is 91.4 Å². The van der Waals surface area contributed by atoms with Crippen molar-refractivity contribution in [2.45, 2.75) is 139 Å². The van der Waals surface area contributed by atoms with Gasteiger partial charge in [0.25, 0.3) is 5.91 Å². The molecule has 2 aromatic heterocycles. The van der Waals surface area contributed by atoms with Gasteiger partial charge in [0.05, 0.1) is 30.8 Å². The number of carbonyl (C=O) groups excluding carboxylic acids is 4. The smallest absolute Gasteiger partial charge is 0.270 e. The summed E-state index contributed by atoms with van der Waals surface area (Å²) in [6, 6.07) is -3.71. The average Bonchev–Trinajstić information content (AvgIpc) is 3.91. The molecule has 12 atom stereocenters. The molecule has 1 saturated heterocycles. The highest BCUT2D eigenvalue weighted by atomic mass is 32.1. The Morgan fingerprint density at radius 2 is 1.59 bits per heavy atom. The summed E-state index contributed by atoms with van der Waals surface area (Å²) in [5.41, 5.74) is 23.6. The summed E-state index contributed by atoms with van der Waals surface area (Å²) < 4.78 is 11.5. The number of unbranched alkanes of at least 4 members (excludes halogenated alkanes) is 1. The van der Waals surface area contributed by atoms with Gasteiger partial charge in [0.1, 0.15) is 39.7 Å². The van der Waals surface area contributed by atoms with Crippen LogP contribution < -0.4 is 49.5 Å². The Labute approximate surface area is 362 Å². The minimum atomic E-state index is -1.76. The zero-order valence-corrected chi connectivity index (χ0v) is 36.4. The van der Waals surface area contributed by atoms with Gasteiger partial charge in [-0.25, -0.2) is 9.97 Å². The van der Waals surface area contributed by atoms with Crippen LogP contribution in [0.25, 0.3) is 10.7 Å². The number of nitrogens with zero attached hydrogens (tertiary/aromatic N) is 2. The highest BCUT2D eigenvalue weighted by molar-refractivity contribution is 7.14. The Bertz CT molecular complexity index is 1650. The van der Waals surface area contributed by atoms with Crippen molar-refractivity contribution in [2.75, 3.05) is 32.7 Å². The summed E-state index contributed by atoms with van der Waals surface area (Å²) in [7, 11) is 0. The van der Waals surface area contributed by atoms with E-state index >= 15 is 0 Å². The quantitative estimate of drug-likeness (QED) is 0.0307. The van der Waals surface area contributed by atoms with Crippen molar-refractivity contribution in [1.29, 1.82) is 0 Å². The van der Waals surface area contributed by atoms with Crippen LogP contribution in [-0.4, -0.2) is 159 Å². The van der Waals surface area contributed by atoms with Gasteiger partial charge in [0.15, 0.2) is 18.6 Å². The lowest BCUT2D eigenvalue weighted by Crippen LogP contribution is -2.63. The van der Waals surface area contributed by atoms with Crippen molar-refractivity contribution in [2.24, 2.45) is 22.9 Å². The zero-order valence-electron chi connectivity index (χ0n) is 34.8. The third-order valence-corrected chi connectivity index (χ3v) is 11.5. The largest absolute Gasteiger partial charge is 0.391 e. The topological polar surface area (TPSA) is 378 Å². The van der Waals surface area contributed by atoms with Crippen molar-refractivity contribution < 1.29 is 54.2 Å². The minimum absolute atomic E-state index is 0.00845. The molecule has 0 bridgehead atoms. The highest BCUT2D eigenvalue weighted by Crippen LogP contribution is 2.31. The van der Waals surface area contributed by atoms with Gasteiger partial charge in [-0.1, -0.05) is 0 Å². The zero-order chi connectivity index (χ0) is 45.2. The standard InChI is InChI=1S/C37H65N11O11S2/c1-18(39)24(50)15-26(52)47-28(19(2)49)33(57)48-34(59-37-30(54)29(53)27(41)20(3)58-37)31(55)36-46-23(17-61-36)35-45-22(16-60-35)32(56)44-12-6-8-21(40)14-25(51)43-13-7-11-42-10-5-4-9-38/h16-21,24,27-31,34,37,42,49-50,53-55H,4-15,38-41H2,1-3H3,(H,43,51)(H,44,56)(H,47,52)(H,48,57). The molecule has 2 aromatic rings. The molecule has 0 saturated carbocycles. The SMILES string of the molecule is CC(N)C(O)CC(=O)NC(C(=O)NC(OC1OC(C)C(N)C(O)C1O)C(O)c1nc(-c2nc(C(=O)NCCCC(N)CC(=O)NCCCNCCCCN)cs2)cs1)C(C)O. The lowest BCUT2D eigenvalue weighted by molar-refractivity contribution is -0.294. The van der Waals surface area contributed by atoms with E-state index in [1.165, 1.54) is 26.2 Å². The number of carbonyl (C=O) groups is 4. The second kappa shape index (κ2) is 26.3. The van der Waals surface area contributed by atoms with E-state index in [-0.39, 0.29) is 34.8 Å². The van der Waals surface area contributed by atoms with Crippen LogP contribution in [0.2, 0.25) is 0 Å². The third kappa shape index (κ3) is 17.0. The molecule has 0 spiro atoms. The molecule has 346 valence electrons. The maximum Gasteiger partial charge on any atom is 0.270 e. The van der Waals surface area contributed by atoms with Gasteiger partial charge in [-0.3, -0.25) is 19.2 Å². The van der Waals surface area contributed by atoms with Gasteiger partial charge in [0, 0.05) is 42.4 Å². The van der Waals surface area contributed by atoms with Crippen LogP contribution in [0.3, 0.4) is 0 Å². The third-order valence-electron chi connectivity index (χ3n) is 9.72. The molecular formula is C37H65N11O11S2. The molecule has 18 N–H and O–H groups in total. The number of aliphatic hydroxyl groups is 5. The van der Waals surface area contributed by atoms with Crippen molar-refractivity contribution >= 4 is 46.3 Å². The van der Waals surface area contributed by atoms with Crippen molar-refractivity contribution in [3.05, 3.63) is 21.5 Å². The van der Waals surface area contributed by atoms with E-state index in [1.807, 2.05) is 0 Å². The first kappa shape index (κ1) is 52.0. The van der Waals surface area contributed by atoms with E-state index in [0.29, 0.717) is 37.5 Å². The fraction of sp³-hybridized carbons (Fsp3) is 0.730. The molecule has 61 heavy (non-hydrogen) atoms. The van der Waals surface area contributed by atoms with Crippen LogP contribution in [0.4, 0.5) is 0 Å². The Balaban J connectivity index is 1.60. The predicted octanol–water partition coefficient (Wildman–Crippen LogP) is -3.42. The van der Waals surface area contributed by atoms with E-state index in [9.17, 15) is 44.7 Å². The van der Waals surface area contributed by atoms with Crippen molar-refractivity contribution in [1.82, 2.24) is 36.6 Å². The maximum atomic E-state index is 13.5. The van der Waals surface area contributed by atoms with Crippen LogP contribution in [-0.2, 0) is 23.9 Å². The second-order valence-electron chi connectivity index (χ2n) is 15.1. The molecule has 3 heterocycles. The number of nitrogens with one attached hydrogen (secondary N) is 5. The van der Waals surface area contributed by atoms with Crippen molar-refractivity contribution in [3.63, 3.8) is 0 Å². The molecule has 12 unspecified atom stereocenters. The number of ether oxygens (including phenoxy) is 2. The number of aromatic nitrogens is 2. The molecule has 4 amide bonds. The number of rotatable bonds is 27. The molecular weight excluding hydrogens is 839 g/mol. The van der Waals surface area contributed by atoms with Crippen molar-refractivity contribution in [3.8, 4) is 10.7 Å². The summed E-state index contributed by atoms with van der Waals surface area (Å²) in [5, 5.41) is 70.3. The number of nitrogens with two attached hydrogens (primary N) is 4. The van der Waals surface area contributed by atoms with E-state index in [0.717, 1.165) is 55.0 Å². The Hall–Kier alpha value is -3.34. The Morgan fingerprint density at radius 3 is 2.28 bits per heavy atom. The summed E-state index contributed by atoms with van der Waals surface area (Å²) in [6.07, 6.45) is -8.30. The van der Waals surface area contributed by atoms with Crippen LogP contribution in [0.15, 0.2) is 10.8 Å². The lowest BCUT2D eigenvalue weighted by Gasteiger charge is -2.41. The molecule has 22 nitrogen and oxygen atoms in total. The first-order valence-electron chi connectivity index (χ1n) is 20.4. The van der Waals surface area contributed by atoms with Gasteiger partial charge in [-0.05, 0) is 72.5 Å². The molecule has 1 aliphatic heterocycles. The molecule has 3 rings (SSSR count). The second-order valence-corrected chi connectivity index (χ2v) is 16.9. The summed E-state index contributed by atoms with van der Waals surface area (Å²) in [5.74, 6) is -2.39. The number of hydrogen-bond donors (Lipinski definition) is 14. The summed E-state index contributed by atoms with van der Waals surface area (Å²) >= 11 is 2.07. The first-order chi connectivity index (χ1) is 28.9. The van der Waals surface area contributed by atoms with Crippen LogP contribution >= 0.6 is 22.7 Å². The van der Waals surface area contributed by atoms with Gasteiger partial charge < -0.3 is 84.5 Å². The Kier molecular flexibility index (Phi) is 22.4. The predicted molar refractivity (Wildman–Crippen MR) is 226 cm³/mol. The molecule has 0 aromatic carbocycles. The summed E-state index contributed by atoms with van der Waals surface area (Å²) in [4.78, 5) is 60.1. The van der Waals surface area contributed by atoms with Crippen LogP contribution in [0, 0.1) is 0 Å². The first-order valence-corrected chi connectivity index (χ1v) is 22.1. The van der Waals surface area contributed by atoms with Gasteiger partial charge >= 0.3 is 0 Å². The molecule has 1 fully saturated rings. The average molecular weight is 904 g/mol. The molecule has 0 radical (unpaired) electrons. The van der Waals surface area contributed by atoms with E-state index in [4.69, 9.17) is 32.4 Å². The van der Waals surface area contributed by atoms with Gasteiger partial charge in [-0.15, -0.1) is 22.7 Å². The lowest BCUT2D eigenvalue weighted by atomic mass is 9.98. The normalized spacial score (nSPS) is 22.6. The van der Waals surface area contributed by atoms with E-state index in [2.05, 4.69) is 36.6 Å². The molecule has 1 aliphatic rings. The fourth-order valence-corrected chi connectivity index (χ4v) is 7.56. The number of aliphatic hydroxyl groups excluding tert-OH is 5. The maximum absolute atomic E-state index is 13.5. The highest BCUT2D eigenvalue weighted by Gasteiger charge is 2.44. The Morgan fingerprint density at radius 1 is 0.885 bits per heavy atom. The van der Waals surface area contributed by atoms with Gasteiger partial charge in [0.2, 0.25) is 17.7 Å². The van der Waals surface area contributed by atoms with Crippen LogP contribution in [0.5, 0.6) is 0 Å². The fourth-order valence-electron chi connectivity index (χ4n) is 5.91.